The summed E-state index contributed by atoms with van der Waals surface area (Å²) in [7, 11) is 3.32. The Bertz CT molecular complexity index is 563. The second-order valence-electron chi connectivity index (χ2n) is 3.97. The number of amides is 1. The standard InChI is InChI=1S/C13H15N3O2/c1-9-12(8-14-15-9)13(17)16(2)10-5-4-6-11(7-10)18-3/h4-8H,1-3H3,(H,14,15). The highest BCUT2D eigenvalue weighted by Gasteiger charge is 2.17. The lowest BCUT2D eigenvalue weighted by molar-refractivity contribution is 0.0992. The molecule has 0 saturated carbocycles. The fourth-order valence-electron chi connectivity index (χ4n) is 1.68. The van der Waals surface area contributed by atoms with Crippen LogP contribution in [0, 0.1) is 6.92 Å². The first-order chi connectivity index (χ1) is 8.63. The van der Waals surface area contributed by atoms with Crippen LogP contribution in [0.4, 0.5) is 5.69 Å². The molecule has 2 rings (SSSR count). The molecular formula is C13H15N3O2. The van der Waals surface area contributed by atoms with Crippen molar-refractivity contribution in [2.24, 2.45) is 0 Å². The summed E-state index contributed by atoms with van der Waals surface area (Å²) in [6.45, 7) is 1.82. The maximum Gasteiger partial charge on any atom is 0.261 e. The van der Waals surface area contributed by atoms with Crippen LogP contribution >= 0.6 is 0 Å². The smallest absolute Gasteiger partial charge is 0.261 e. The van der Waals surface area contributed by atoms with Gasteiger partial charge in [0.15, 0.2) is 0 Å². The molecule has 1 amide bonds. The number of ether oxygens (including phenoxy) is 1. The van der Waals surface area contributed by atoms with Crippen molar-refractivity contribution in [2.75, 3.05) is 19.1 Å². The van der Waals surface area contributed by atoms with Gasteiger partial charge in [0.1, 0.15) is 5.75 Å². The van der Waals surface area contributed by atoms with E-state index in [9.17, 15) is 4.79 Å². The number of anilines is 1. The van der Waals surface area contributed by atoms with Gasteiger partial charge in [-0.1, -0.05) is 6.07 Å². The largest absolute Gasteiger partial charge is 0.497 e. The number of carbonyl (C=O) groups excluding carboxylic acids is 1. The van der Waals surface area contributed by atoms with Gasteiger partial charge in [-0.3, -0.25) is 9.89 Å². The van der Waals surface area contributed by atoms with Crippen molar-refractivity contribution in [3.05, 3.63) is 41.7 Å². The fraction of sp³-hybridized carbons (Fsp3) is 0.231. The number of H-pyrrole nitrogens is 1. The first-order valence-electron chi connectivity index (χ1n) is 5.55. The van der Waals surface area contributed by atoms with Crippen molar-refractivity contribution in [1.29, 1.82) is 0 Å². The maximum atomic E-state index is 12.3. The number of nitrogens with one attached hydrogen (secondary N) is 1. The molecule has 0 fully saturated rings. The molecule has 1 aromatic carbocycles. The van der Waals surface area contributed by atoms with Gasteiger partial charge in [0.05, 0.1) is 18.9 Å². The third-order valence-corrected chi connectivity index (χ3v) is 2.81. The summed E-state index contributed by atoms with van der Waals surface area (Å²) >= 11 is 0. The number of aromatic nitrogens is 2. The average molecular weight is 245 g/mol. The molecule has 94 valence electrons. The lowest BCUT2D eigenvalue weighted by Crippen LogP contribution is -2.26. The minimum Gasteiger partial charge on any atom is -0.497 e. The van der Waals surface area contributed by atoms with Gasteiger partial charge in [-0.2, -0.15) is 5.10 Å². The van der Waals surface area contributed by atoms with Crippen molar-refractivity contribution in [3.63, 3.8) is 0 Å². The van der Waals surface area contributed by atoms with Crippen molar-refractivity contribution in [2.45, 2.75) is 6.92 Å². The van der Waals surface area contributed by atoms with Crippen LogP contribution in [0.1, 0.15) is 16.1 Å². The van der Waals surface area contributed by atoms with E-state index in [4.69, 9.17) is 4.74 Å². The normalized spacial score (nSPS) is 10.2. The second-order valence-corrected chi connectivity index (χ2v) is 3.97. The zero-order valence-electron chi connectivity index (χ0n) is 10.6. The Balaban J connectivity index is 2.28. The number of aromatic amines is 1. The molecule has 18 heavy (non-hydrogen) atoms. The summed E-state index contributed by atoms with van der Waals surface area (Å²) in [6, 6.07) is 7.36. The Kier molecular flexibility index (Phi) is 3.32. The van der Waals surface area contributed by atoms with E-state index in [1.165, 1.54) is 6.20 Å². The van der Waals surface area contributed by atoms with E-state index in [2.05, 4.69) is 10.2 Å². The molecule has 2 aromatic rings. The zero-order chi connectivity index (χ0) is 13.1. The number of carbonyl (C=O) groups is 1. The lowest BCUT2D eigenvalue weighted by Gasteiger charge is -2.17. The lowest BCUT2D eigenvalue weighted by atomic mass is 10.2. The molecule has 0 atom stereocenters. The van der Waals surface area contributed by atoms with E-state index in [0.29, 0.717) is 5.56 Å². The number of rotatable bonds is 3. The number of benzene rings is 1. The minimum atomic E-state index is -0.102. The van der Waals surface area contributed by atoms with E-state index in [1.54, 1.807) is 19.1 Å². The minimum absolute atomic E-state index is 0.102. The first-order valence-corrected chi connectivity index (χ1v) is 5.55. The van der Waals surface area contributed by atoms with Crippen molar-refractivity contribution >= 4 is 11.6 Å². The quantitative estimate of drug-likeness (QED) is 0.899. The number of aryl methyl sites for hydroxylation is 1. The summed E-state index contributed by atoms with van der Waals surface area (Å²) in [5.41, 5.74) is 2.11. The summed E-state index contributed by atoms with van der Waals surface area (Å²) < 4.78 is 5.14. The van der Waals surface area contributed by atoms with Gasteiger partial charge in [-0.05, 0) is 19.1 Å². The predicted octanol–water partition coefficient (Wildman–Crippen LogP) is 2.00. The van der Waals surface area contributed by atoms with E-state index in [0.717, 1.165) is 17.1 Å². The molecule has 0 aliphatic carbocycles. The number of hydrogen-bond donors (Lipinski definition) is 1. The van der Waals surface area contributed by atoms with Crippen LogP contribution in [0.25, 0.3) is 0 Å². The van der Waals surface area contributed by atoms with E-state index >= 15 is 0 Å². The summed E-state index contributed by atoms with van der Waals surface area (Å²) in [5, 5.41) is 6.61. The van der Waals surface area contributed by atoms with E-state index in [1.807, 2.05) is 31.2 Å². The van der Waals surface area contributed by atoms with Gasteiger partial charge in [-0.15, -0.1) is 0 Å². The molecule has 1 aromatic heterocycles. The van der Waals surface area contributed by atoms with E-state index in [-0.39, 0.29) is 5.91 Å². The Hall–Kier alpha value is -2.30. The fourth-order valence-corrected chi connectivity index (χ4v) is 1.68. The van der Waals surface area contributed by atoms with Crippen LogP contribution in [0.15, 0.2) is 30.5 Å². The Morgan fingerprint density at radius 1 is 1.44 bits per heavy atom. The highest BCUT2D eigenvalue weighted by molar-refractivity contribution is 6.06. The Morgan fingerprint density at radius 3 is 2.83 bits per heavy atom. The highest BCUT2D eigenvalue weighted by Crippen LogP contribution is 2.21. The molecule has 0 aliphatic rings. The van der Waals surface area contributed by atoms with E-state index < -0.39 is 0 Å². The number of methoxy groups -OCH3 is 1. The van der Waals surface area contributed by atoms with Gasteiger partial charge in [-0.25, -0.2) is 0 Å². The molecule has 0 unspecified atom stereocenters. The van der Waals surface area contributed by atoms with Crippen LogP contribution < -0.4 is 9.64 Å². The molecule has 1 heterocycles. The SMILES string of the molecule is COc1cccc(N(C)C(=O)c2cn[nH]c2C)c1. The molecule has 0 radical (unpaired) electrons. The van der Waals surface area contributed by atoms with Crippen LogP contribution in [0.3, 0.4) is 0 Å². The monoisotopic (exact) mass is 245 g/mol. The predicted molar refractivity (Wildman–Crippen MR) is 69.1 cm³/mol. The third-order valence-electron chi connectivity index (χ3n) is 2.81. The maximum absolute atomic E-state index is 12.3. The second kappa shape index (κ2) is 4.91. The molecule has 1 N–H and O–H groups in total. The van der Waals surface area contributed by atoms with Crippen molar-refractivity contribution < 1.29 is 9.53 Å². The van der Waals surface area contributed by atoms with Gasteiger partial charge >= 0.3 is 0 Å². The van der Waals surface area contributed by atoms with Crippen LogP contribution in [0.5, 0.6) is 5.75 Å². The summed E-state index contributed by atoms with van der Waals surface area (Å²) in [4.78, 5) is 13.8. The van der Waals surface area contributed by atoms with Crippen LogP contribution in [-0.4, -0.2) is 30.3 Å². The zero-order valence-corrected chi connectivity index (χ0v) is 10.6. The summed E-state index contributed by atoms with van der Waals surface area (Å²) in [6.07, 6.45) is 1.54. The molecule has 5 nitrogen and oxygen atoms in total. The molecule has 0 aliphatic heterocycles. The average Bonchev–Trinajstić information content (AvgIpc) is 2.83. The van der Waals surface area contributed by atoms with Crippen LogP contribution in [0.2, 0.25) is 0 Å². The summed E-state index contributed by atoms with van der Waals surface area (Å²) in [5.74, 6) is 0.616. The number of nitrogens with zero attached hydrogens (tertiary/aromatic N) is 2. The molecule has 0 bridgehead atoms. The Labute approximate surface area is 105 Å². The van der Waals surface area contributed by atoms with Crippen molar-refractivity contribution in [1.82, 2.24) is 10.2 Å². The van der Waals surface area contributed by atoms with Crippen LogP contribution in [-0.2, 0) is 0 Å². The van der Waals surface area contributed by atoms with Gasteiger partial charge in [0, 0.05) is 24.5 Å². The topological polar surface area (TPSA) is 58.2 Å². The van der Waals surface area contributed by atoms with Crippen molar-refractivity contribution in [3.8, 4) is 5.75 Å². The molecular weight excluding hydrogens is 230 g/mol. The Morgan fingerprint density at radius 2 is 2.22 bits per heavy atom. The molecule has 0 saturated heterocycles. The third kappa shape index (κ3) is 2.20. The van der Waals surface area contributed by atoms with Gasteiger partial charge in [0.25, 0.3) is 5.91 Å². The number of hydrogen-bond acceptors (Lipinski definition) is 3. The molecule has 0 spiro atoms. The molecule has 5 heteroatoms. The van der Waals surface area contributed by atoms with Gasteiger partial charge < -0.3 is 9.64 Å². The highest BCUT2D eigenvalue weighted by atomic mass is 16.5. The van der Waals surface area contributed by atoms with Gasteiger partial charge in [0.2, 0.25) is 0 Å². The first kappa shape index (κ1) is 12.2.